The standard InChI is InChI=1S/C10H20O5/c1-7-9(15-10(2,3)14-7)13-8(5-11)6-12-4/h7-9,11H,5-6H2,1-4H3/t7-,8-,9-/m1/s1. The van der Waals surface area contributed by atoms with Crippen LogP contribution in [0.2, 0.25) is 0 Å². The molecule has 90 valence electrons. The van der Waals surface area contributed by atoms with Crippen LogP contribution in [0.3, 0.4) is 0 Å². The molecule has 0 spiro atoms. The second-order valence-electron chi connectivity index (χ2n) is 4.11. The lowest BCUT2D eigenvalue weighted by atomic mass is 10.3. The highest BCUT2D eigenvalue weighted by molar-refractivity contribution is 4.73. The maximum absolute atomic E-state index is 9.03. The molecule has 1 fully saturated rings. The van der Waals surface area contributed by atoms with Crippen LogP contribution in [0, 0.1) is 0 Å². The van der Waals surface area contributed by atoms with E-state index < -0.39 is 12.1 Å². The quantitative estimate of drug-likeness (QED) is 0.731. The Kier molecular flexibility index (Phi) is 4.48. The molecule has 1 aliphatic heterocycles. The van der Waals surface area contributed by atoms with Crippen molar-refractivity contribution in [1.82, 2.24) is 0 Å². The van der Waals surface area contributed by atoms with Crippen molar-refractivity contribution in [3.8, 4) is 0 Å². The van der Waals surface area contributed by atoms with Gasteiger partial charge >= 0.3 is 0 Å². The lowest BCUT2D eigenvalue weighted by molar-refractivity contribution is -0.214. The van der Waals surface area contributed by atoms with Gasteiger partial charge in [-0.2, -0.15) is 0 Å². The highest BCUT2D eigenvalue weighted by Gasteiger charge is 2.40. The predicted molar refractivity (Wildman–Crippen MR) is 53.3 cm³/mol. The number of methoxy groups -OCH3 is 1. The van der Waals surface area contributed by atoms with E-state index in [0.29, 0.717) is 6.61 Å². The zero-order valence-electron chi connectivity index (χ0n) is 9.73. The molecule has 1 heterocycles. The fourth-order valence-corrected chi connectivity index (χ4v) is 1.56. The Labute approximate surface area is 90.3 Å². The number of aliphatic hydroxyl groups excluding tert-OH is 1. The molecule has 1 saturated heterocycles. The average molecular weight is 220 g/mol. The minimum Gasteiger partial charge on any atom is -0.394 e. The van der Waals surface area contributed by atoms with Crippen molar-refractivity contribution in [2.75, 3.05) is 20.3 Å². The number of hydrogen-bond donors (Lipinski definition) is 1. The molecule has 5 nitrogen and oxygen atoms in total. The number of aliphatic hydroxyl groups is 1. The van der Waals surface area contributed by atoms with E-state index in [1.807, 2.05) is 20.8 Å². The van der Waals surface area contributed by atoms with Crippen LogP contribution >= 0.6 is 0 Å². The minimum absolute atomic E-state index is 0.0964. The fraction of sp³-hybridized carbons (Fsp3) is 1.00. The second kappa shape index (κ2) is 5.23. The molecule has 0 aromatic carbocycles. The first-order chi connectivity index (χ1) is 6.98. The molecule has 0 aromatic rings. The third kappa shape index (κ3) is 3.70. The van der Waals surface area contributed by atoms with Crippen LogP contribution < -0.4 is 0 Å². The van der Waals surface area contributed by atoms with Gasteiger partial charge in [0.05, 0.1) is 13.2 Å². The van der Waals surface area contributed by atoms with Crippen LogP contribution in [0.5, 0.6) is 0 Å². The number of hydrogen-bond acceptors (Lipinski definition) is 5. The summed E-state index contributed by atoms with van der Waals surface area (Å²) in [6.45, 7) is 5.78. The van der Waals surface area contributed by atoms with E-state index >= 15 is 0 Å². The van der Waals surface area contributed by atoms with E-state index in [1.54, 1.807) is 7.11 Å². The molecule has 1 rings (SSSR count). The Morgan fingerprint density at radius 3 is 2.47 bits per heavy atom. The van der Waals surface area contributed by atoms with Gasteiger partial charge in [-0.15, -0.1) is 0 Å². The molecule has 0 radical (unpaired) electrons. The normalized spacial score (nSPS) is 31.8. The van der Waals surface area contributed by atoms with Crippen molar-refractivity contribution in [2.24, 2.45) is 0 Å². The third-order valence-corrected chi connectivity index (χ3v) is 2.14. The second-order valence-corrected chi connectivity index (χ2v) is 4.11. The van der Waals surface area contributed by atoms with Gasteiger partial charge in [0.15, 0.2) is 12.1 Å². The molecular formula is C10H20O5. The van der Waals surface area contributed by atoms with Crippen LogP contribution in [0.1, 0.15) is 20.8 Å². The molecule has 1 aliphatic rings. The molecule has 1 N–H and O–H groups in total. The summed E-state index contributed by atoms with van der Waals surface area (Å²) >= 11 is 0. The zero-order chi connectivity index (χ0) is 11.5. The third-order valence-electron chi connectivity index (χ3n) is 2.14. The molecule has 0 unspecified atom stereocenters. The Hall–Kier alpha value is -0.200. The molecule has 0 aromatic heterocycles. The molecule has 0 amide bonds. The Morgan fingerprint density at radius 2 is 2.07 bits per heavy atom. The Morgan fingerprint density at radius 1 is 1.40 bits per heavy atom. The van der Waals surface area contributed by atoms with E-state index in [2.05, 4.69) is 0 Å². The van der Waals surface area contributed by atoms with Crippen molar-refractivity contribution in [3.05, 3.63) is 0 Å². The van der Waals surface area contributed by atoms with Crippen molar-refractivity contribution in [3.63, 3.8) is 0 Å². The highest BCUT2D eigenvalue weighted by atomic mass is 16.8. The van der Waals surface area contributed by atoms with E-state index in [1.165, 1.54) is 0 Å². The summed E-state index contributed by atoms with van der Waals surface area (Å²) in [5.41, 5.74) is 0. The van der Waals surface area contributed by atoms with Gasteiger partial charge in [0.2, 0.25) is 0 Å². The van der Waals surface area contributed by atoms with Crippen molar-refractivity contribution >= 4 is 0 Å². The largest absolute Gasteiger partial charge is 0.394 e. The van der Waals surface area contributed by atoms with Gasteiger partial charge in [0, 0.05) is 7.11 Å². The summed E-state index contributed by atoms with van der Waals surface area (Å²) in [5, 5.41) is 9.03. The smallest absolute Gasteiger partial charge is 0.187 e. The fourth-order valence-electron chi connectivity index (χ4n) is 1.56. The Bertz CT molecular complexity index is 194. The molecule has 0 saturated carbocycles. The van der Waals surface area contributed by atoms with E-state index in [9.17, 15) is 0 Å². The van der Waals surface area contributed by atoms with Crippen LogP contribution in [-0.2, 0) is 18.9 Å². The summed E-state index contributed by atoms with van der Waals surface area (Å²) in [6.07, 6.45) is -0.974. The average Bonchev–Trinajstić information content (AvgIpc) is 2.39. The topological polar surface area (TPSA) is 57.2 Å². The van der Waals surface area contributed by atoms with Gasteiger partial charge in [-0.1, -0.05) is 0 Å². The summed E-state index contributed by atoms with van der Waals surface area (Å²) in [5.74, 6) is -0.628. The van der Waals surface area contributed by atoms with Gasteiger partial charge in [-0.3, -0.25) is 0 Å². The summed E-state index contributed by atoms with van der Waals surface area (Å²) in [4.78, 5) is 0. The van der Waals surface area contributed by atoms with Crippen LogP contribution in [0.4, 0.5) is 0 Å². The van der Waals surface area contributed by atoms with Crippen molar-refractivity contribution < 1.29 is 24.1 Å². The summed E-state index contributed by atoms with van der Waals surface area (Å²) in [7, 11) is 1.56. The van der Waals surface area contributed by atoms with E-state index in [4.69, 9.17) is 24.1 Å². The predicted octanol–water partition coefficient (Wildman–Crippen LogP) is 0.508. The van der Waals surface area contributed by atoms with Gasteiger partial charge in [-0.25, -0.2) is 0 Å². The molecule has 0 aliphatic carbocycles. The van der Waals surface area contributed by atoms with Crippen molar-refractivity contribution in [1.29, 1.82) is 0 Å². The SMILES string of the molecule is COC[C@@H](CO)O[C@@H]1OC(C)(C)O[C@@H]1C. The molecule has 15 heavy (non-hydrogen) atoms. The minimum atomic E-state index is -0.628. The van der Waals surface area contributed by atoms with Crippen LogP contribution in [0.15, 0.2) is 0 Å². The lowest BCUT2D eigenvalue weighted by Gasteiger charge is -2.21. The highest BCUT2D eigenvalue weighted by Crippen LogP contribution is 2.29. The van der Waals surface area contributed by atoms with E-state index in [-0.39, 0.29) is 18.8 Å². The van der Waals surface area contributed by atoms with Gasteiger partial charge in [0.1, 0.15) is 12.2 Å². The van der Waals surface area contributed by atoms with Crippen LogP contribution in [0.25, 0.3) is 0 Å². The molecule has 0 bridgehead atoms. The number of rotatable bonds is 5. The Balaban J connectivity index is 2.44. The first kappa shape index (κ1) is 12.9. The molecular weight excluding hydrogens is 200 g/mol. The van der Waals surface area contributed by atoms with Crippen molar-refractivity contribution in [2.45, 2.75) is 45.1 Å². The maximum Gasteiger partial charge on any atom is 0.187 e. The van der Waals surface area contributed by atoms with E-state index in [0.717, 1.165) is 0 Å². The van der Waals surface area contributed by atoms with Crippen LogP contribution in [-0.4, -0.2) is 49.7 Å². The first-order valence-corrected chi connectivity index (χ1v) is 5.09. The van der Waals surface area contributed by atoms with Gasteiger partial charge in [-0.05, 0) is 20.8 Å². The summed E-state index contributed by atoms with van der Waals surface area (Å²) in [6, 6.07) is 0. The first-order valence-electron chi connectivity index (χ1n) is 5.09. The van der Waals surface area contributed by atoms with Gasteiger partial charge in [0.25, 0.3) is 0 Å². The maximum atomic E-state index is 9.03. The molecule has 3 atom stereocenters. The van der Waals surface area contributed by atoms with Gasteiger partial charge < -0.3 is 24.1 Å². The zero-order valence-corrected chi connectivity index (χ0v) is 9.73. The lowest BCUT2D eigenvalue weighted by Crippen LogP contribution is -2.33. The summed E-state index contributed by atoms with van der Waals surface area (Å²) < 4.78 is 21.5. The molecule has 5 heteroatoms. The number of ether oxygens (including phenoxy) is 4. The monoisotopic (exact) mass is 220 g/mol.